The summed E-state index contributed by atoms with van der Waals surface area (Å²) in [6.07, 6.45) is 5.01. The third-order valence-electron chi connectivity index (χ3n) is 1.95. The highest BCUT2D eigenvalue weighted by Crippen LogP contribution is 1.99. The Morgan fingerprint density at radius 2 is 1.74 bits per heavy atom. The minimum Gasteiger partial charge on any atom is -0.460 e. The molecule has 19 heavy (non-hydrogen) atoms. The number of esters is 1. The van der Waals surface area contributed by atoms with Gasteiger partial charge in [0.1, 0.15) is 6.61 Å². The predicted octanol–water partition coefficient (Wildman–Crippen LogP) is 0.554. The molecule has 0 aromatic rings. The first kappa shape index (κ1) is 16.9. The molecule has 0 bridgehead atoms. The number of aliphatic imine (C=N–C) groups is 2. The Morgan fingerprint density at radius 1 is 1.11 bits per heavy atom. The molecule has 7 nitrogen and oxygen atoms in total. The number of hydrogen-bond acceptors (Lipinski definition) is 7. The maximum absolute atomic E-state index is 11.4. The maximum atomic E-state index is 11.4. The number of carbonyl (C=O) groups excluding carboxylic acids is 3. The second kappa shape index (κ2) is 12.4. The standard InChI is InChI=1S/C12H16N2O5/c1-11(12(17)19-8-5-14-10-16)3-2-6-18-7-4-13-9-15/h3H,2,4-8H2,1H3. The van der Waals surface area contributed by atoms with E-state index in [-0.39, 0.29) is 19.7 Å². The molecule has 0 saturated heterocycles. The lowest BCUT2D eigenvalue weighted by atomic mass is 10.2. The molecule has 0 radical (unpaired) electrons. The minimum atomic E-state index is -0.452. The van der Waals surface area contributed by atoms with E-state index in [0.29, 0.717) is 25.2 Å². The third kappa shape index (κ3) is 10.8. The molecule has 0 saturated carbocycles. The van der Waals surface area contributed by atoms with Crippen molar-refractivity contribution in [2.45, 2.75) is 13.3 Å². The molecular weight excluding hydrogens is 252 g/mol. The summed E-state index contributed by atoms with van der Waals surface area (Å²) in [6, 6.07) is 0. The van der Waals surface area contributed by atoms with Crippen molar-refractivity contribution < 1.29 is 23.9 Å². The molecule has 0 N–H and O–H groups in total. The Balaban J connectivity index is 3.70. The van der Waals surface area contributed by atoms with Crippen LogP contribution in [0.25, 0.3) is 0 Å². The summed E-state index contributed by atoms with van der Waals surface area (Å²) in [4.78, 5) is 37.5. The summed E-state index contributed by atoms with van der Waals surface area (Å²) < 4.78 is 9.99. The van der Waals surface area contributed by atoms with Crippen LogP contribution in [0.3, 0.4) is 0 Å². The molecule has 0 aliphatic heterocycles. The van der Waals surface area contributed by atoms with Crippen molar-refractivity contribution in [1.29, 1.82) is 0 Å². The highest BCUT2D eigenvalue weighted by molar-refractivity contribution is 5.87. The summed E-state index contributed by atoms with van der Waals surface area (Å²) in [5, 5.41) is 0. The van der Waals surface area contributed by atoms with Crippen molar-refractivity contribution in [3.63, 3.8) is 0 Å². The van der Waals surface area contributed by atoms with E-state index in [9.17, 15) is 14.4 Å². The highest BCUT2D eigenvalue weighted by atomic mass is 16.5. The van der Waals surface area contributed by atoms with Gasteiger partial charge in [-0.15, -0.1) is 0 Å². The second-order valence-electron chi connectivity index (χ2n) is 3.37. The van der Waals surface area contributed by atoms with Crippen molar-refractivity contribution in [2.24, 2.45) is 9.98 Å². The van der Waals surface area contributed by atoms with Crippen molar-refractivity contribution in [2.75, 3.05) is 32.9 Å². The molecule has 0 aliphatic rings. The molecule has 0 aromatic carbocycles. The minimum absolute atomic E-state index is 0.0550. The van der Waals surface area contributed by atoms with Gasteiger partial charge in [-0.2, -0.15) is 0 Å². The smallest absolute Gasteiger partial charge is 0.333 e. The zero-order valence-electron chi connectivity index (χ0n) is 10.8. The topological polar surface area (TPSA) is 94.4 Å². The molecule has 0 rings (SSSR count). The SMILES string of the molecule is CC(=CCCOCCN=C=O)C(=O)OCCN=C=O. The molecule has 0 atom stereocenters. The monoisotopic (exact) mass is 268 g/mol. The molecule has 104 valence electrons. The van der Waals surface area contributed by atoms with E-state index in [1.165, 1.54) is 12.2 Å². The third-order valence-corrected chi connectivity index (χ3v) is 1.95. The van der Waals surface area contributed by atoms with Crippen LogP contribution in [0.2, 0.25) is 0 Å². The van der Waals surface area contributed by atoms with Gasteiger partial charge in [0, 0.05) is 5.57 Å². The average Bonchev–Trinajstić information content (AvgIpc) is 2.42. The molecule has 7 heteroatoms. The molecule has 0 heterocycles. The van der Waals surface area contributed by atoms with Crippen LogP contribution in [0.15, 0.2) is 21.6 Å². The Hall–Kier alpha value is -2.07. The number of ether oxygens (including phenoxy) is 2. The molecule has 0 aliphatic carbocycles. The zero-order valence-corrected chi connectivity index (χ0v) is 10.8. The van der Waals surface area contributed by atoms with Crippen LogP contribution in [-0.2, 0) is 23.9 Å². The van der Waals surface area contributed by atoms with Crippen molar-refractivity contribution in [3.05, 3.63) is 11.6 Å². The van der Waals surface area contributed by atoms with Gasteiger partial charge in [0.15, 0.2) is 0 Å². The maximum Gasteiger partial charge on any atom is 0.333 e. The largest absolute Gasteiger partial charge is 0.460 e. The lowest BCUT2D eigenvalue weighted by Gasteiger charge is -2.03. The summed E-state index contributed by atoms with van der Waals surface area (Å²) in [5.74, 6) is -0.452. The Labute approximate surface area is 111 Å². The fourth-order valence-corrected chi connectivity index (χ4v) is 1.04. The number of carbonyl (C=O) groups is 1. The van der Waals surface area contributed by atoms with Crippen molar-refractivity contribution in [1.82, 2.24) is 0 Å². The molecule has 0 unspecified atom stereocenters. The van der Waals surface area contributed by atoms with E-state index >= 15 is 0 Å². The molecule has 0 fully saturated rings. The lowest BCUT2D eigenvalue weighted by Crippen LogP contribution is -2.09. The molecular formula is C12H16N2O5. The van der Waals surface area contributed by atoms with E-state index in [4.69, 9.17) is 9.47 Å². The van der Waals surface area contributed by atoms with Crippen LogP contribution in [0.4, 0.5) is 0 Å². The van der Waals surface area contributed by atoms with Gasteiger partial charge in [-0.3, -0.25) is 0 Å². The van der Waals surface area contributed by atoms with Gasteiger partial charge < -0.3 is 9.47 Å². The van der Waals surface area contributed by atoms with Crippen LogP contribution < -0.4 is 0 Å². The van der Waals surface area contributed by atoms with E-state index in [2.05, 4.69) is 9.98 Å². The average molecular weight is 268 g/mol. The zero-order chi connectivity index (χ0) is 14.3. The highest BCUT2D eigenvalue weighted by Gasteiger charge is 2.04. The van der Waals surface area contributed by atoms with Crippen molar-refractivity contribution in [3.8, 4) is 0 Å². The van der Waals surface area contributed by atoms with Crippen LogP contribution in [0.1, 0.15) is 13.3 Å². The van der Waals surface area contributed by atoms with Gasteiger partial charge in [0.2, 0.25) is 12.2 Å². The van der Waals surface area contributed by atoms with E-state index in [1.807, 2.05) is 0 Å². The van der Waals surface area contributed by atoms with E-state index < -0.39 is 5.97 Å². The Bertz CT molecular complexity index is 393. The molecule has 0 amide bonds. The summed E-state index contributed by atoms with van der Waals surface area (Å²) >= 11 is 0. The Morgan fingerprint density at radius 3 is 2.37 bits per heavy atom. The van der Waals surface area contributed by atoms with Gasteiger partial charge in [0.05, 0.1) is 26.3 Å². The first-order valence-electron chi connectivity index (χ1n) is 5.71. The number of nitrogens with zero attached hydrogens (tertiary/aromatic N) is 2. The van der Waals surface area contributed by atoms with Crippen LogP contribution in [-0.4, -0.2) is 51.0 Å². The predicted molar refractivity (Wildman–Crippen MR) is 66.1 cm³/mol. The quantitative estimate of drug-likeness (QED) is 0.190. The number of isocyanates is 2. The van der Waals surface area contributed by atoms with Gasteiger partial charge in [-0.1, -0.05) is 6.08 Å². The number of hydrogen-bond donors (Lipinski definition) is 0. The first-order valence-corrected chi connectivity index (χ1v) is 5.71. The van der Waals surface area contributed by atoms with Gasteiger partial charge >= 0.3 is 5.97 Å². The lowest BCUT2D eigenvalue weighted by molar-refractivity contribution is -0.138. The van der Waals surface area contributed by atoms with Crippen LogP contribution >= 0.6 is 0 Å². The fourth-order valence-electron chi connectivity index (χ4n) is 1.04. The summed E-state index contributed by atoms with van der Waals surface area (Å²) in [7, 11) is 0. The van der Waals surface area contributed by atoms with E-state index in [0.717, 1.165) is 0 Å². The summed E-state index contributed by atoms with van der Waals surface area (Å²) in [6.45, 7) is 2.85. The van der Waals surface area contributed by atoms with E-state index in [1.54, 1.807) is 13.0 Å². The van der Waals surface area contributed by atoms with Gasteiger partial charge in [0.25, 0.3) is 0 Å². The number of rotatable bonds is 10. The molecule has 0 aromatic heterocycles. The normalized spacial score (nSPS) is 10.3. The molecule has 0 spiro atoms. The van der Waals surface area contributed by atoms with Crippen LogP contribution in [0, 0.1) is 0 Å². The van der Waals surface area contributed by atoms with Crippen LogP contribution in [0.5, 0.6) is 0 Å². The Kier molecular flexibility index (Phi) is 11.0. The van der Waals surface area contributed by atoms with Crippen molar-refractivity contribution >= 4 is 18.1 Å². The summed E-state index contributed by atoms with van der Waals surface area (Å²) in [5.41, 5.74) is 0.463. The second-order valence-corrected chi connectivity index (χ2v) is 3.37. The van der Waals surface area contributed by atoms with Gasteiger partial charge in [-0.25, -0.2) is 24.4 Å². The fraction of sp³-hybridized carbons (Fsp3) is 0.583. The first-order chi connectivity index (χ1) is 9.22. The van der Waals surface area contributed by atoms with Gasteiger partial charge in [-0.05, 0) is 13.3 Å².